The van der Waals surface area contributed by atoms with Crippen LogP contribution in [0, 0.1) is 5.92 Å². The van der Waals surface area contributed by atoms with Gasteiger partial charge in [0.2, 0.25) is 0 Å². The maximum atomic E-state index is 11.0. The molecule has 0 fully saturated rings. The van der Waals surface area contributed by atoms with Crippen LogP contribution in [0.3, 0.4) is 0 Å². The first-order valence-corrected chi connectivity index (χ1v) is 6.99. The molecule has 0 bridgehead atoms. The molecule has 2 aromatic rings. The van der Waals surface area contributed by atoms with Crippen LogP contribution in [0.25, 0.3) is 10.9 Å². The van der Waals surface area contributed by atoms with E-state index in [9.17, 15) is 4.79 Å². The van der Waals surface area contributed by atoms with Gasteiger partial charge in [0.25, 0.3) is 0 Å². The van der Waals surface area contributed by atoms with Crippen LogP contribution >= 0.6 is 0 Å². The zero-order chi connectivity index (χ0) is 13.4. The van der Waals surface area contributed by atoms with Crippen LogP contribution in [0.2, 0.25) is 0 Å². The van der Waals surface area contributed by atoms with Crippen molar-refractivity contribution in [3.63, 3.8) is 0 Å². The Morgan fingerprint density at radius 1 is 1.32 bits per heavy atom. The molecule has 0 spiro atoms. The van der Waals surface area contributed by atoms with Gasteiger partial charge >= 0.3 is 5.97 Å². The summed E-state index contributed by atoms with van der Waals surface area (Å²) in [5, 5.41) is 10.2. The Labute approximate surface area is 112 Å². The summed E-state index contributed by atoms with van der Waals surface area (Å²) in [6.07, 6.45) is 7.44. The molecule has 0 saturated heterocycles. The molecule has 1 atom stereocenters. The number of aromatic nitrogens is 1. The van der Waals surface area contributed by atoms with Crippen molar-refractivity contribution >= 4 is 16.9 Å². The van der Waals surface area contributed by atoms with Gasteiger partial charge in [-0.2, -0.15) is 0 Å². The van der Waals surface area contributed by atoms with E-state index in [0.29, 0.717) is 6.42 Å². The van der Waals surface area contributed by atoms with E-state index < -0.39 is 5.97 Å². The van der Waals surface area contributed by atoms with E-state index in [1.54, 1.807) is 6.92 Å². The number of benzene rings is 1. The number of nitrogens with one attached hydrogen (secondary N) is 1. The normalized spacial score (nSPS) is 16.3. The molecule has 1 aliphatic carbocycles. The lowest BCUT2D eigenvalue weighted by atomic mass is 9.89. The van der Waals surface area contributed by atoms with Gasteiger partial charge in [-0.25, -0.2) is 0 Å². The number of carboxylic acids is 1. The lowest BCUT2D eigenvalue weighted by molar-refractivity contribution is -0.141. The minimum Gasteiger partial charge on any atom is -0.481 e. The smallest absolute Gasteiger partial charge is 0.306 e. The number of aryl methyl sites for hydroxylation is 2. The summed E-state index contributed by atoms with van der Waals surface area (Å²) in [5.74, 6) is -1.07. The second-order valence-corrected chi connectivity index (χ2v) is 5.63. The molecule has 0 saturated carbocycles. The van der Waals surface area contributed by atoms with E-state index >= 15 is 0 Å². The molecule has 3 heteroatoms. The van der Waals surface area contributed by atoms with Gasteiger partial charge in [0, 0.05) is 17.1 Å². The summed E-state index contributed by atoms with van der Waals surface area (Å²) in [4.78, 5) is 14.3. The Morgan fingerprint density at radius 3 is 2.68 bits per heavy atom. The average Bonchev–Trinajstić information content (AvgIpc) is 2.78. The summed E-state index contributed by atoms with van der Waals surface area (Å²) >= 11 is 0. The highest BCUT2D eigenvalue weighted by Gasteiger charge is 2.16. The average molecular weight is 257 g/mol. The zero-order valence-electron chi connectivity index (χ0n) is 11.2. The third-order valence-corrected chi connectivity index (χ3v) is 4.18. The highest BCUT2D eigenvalue weighted by atomic mass is 16.4. The summed E-state index contributed by atoms with van der Waals surface area (Å²) in [7, 11) is 0. The van der Waals surface area contributed by atoms with Gasteiger partial charge in [0.1, 0.15) is 0 Å². The molecule has 1 aliphatic rings. The summed E-state index contributed by atoms with van der Waals surface area (Å²) in [6.45, 7) is 1.76. The minimum atomic E-state index is -0.729. The second-order valence-electron chi connectivity index (χ2n) is 5.63. The maximum Gasteiger partial charge on any atom is 0.306 e. The van der Waals surface area contributed by atoms with Crippen molar-refractivity contribution < 1.29 is 9.90 Å². The monoisotopic (exact) mass is 257 g/mol. The molecule has 100 valence electrons. The van der Waals surface area contributed by atoms with Gasteiger partial charge in [-0.1, -0.05) is 6.92 Å². The molecule has 19 heavy (non-hydrogen) atoms. The first-order valence-electron chi connectivity index (χ1n) is 6.99. The number of carbonyl (C=O) groups is 1. The molecule has 3 nitrogen and oxygen atoms in total. The highest BCUT2D eigenvalue weighted by molar-refractivity contribution is 5.85. The van der Waals surface area contributed by atoms with Crippen LogP contribution in [-0.4, -0.2) is 16.1 Å². The number of aromatic amines is 1. The highest BCUT2D eigenvalue weighted by Crippen LogP contribution is 2.29. The standard InChI is InChI=1S/C16H19NO2/c1-10(16(18)19)6-13-9-17-15-8-12-5-3-2-4-11(12)7-14(13)15/h7-10,17H,2-6H2,1H3,(H,18,19). The van der Waals surface area contributed by atoms with Crippen LogP contribution in [0.4, 0.5) is 0 Å². The fourth-order valence-corrected chi connectivity index (χ4v) is 3.00. The van der Waals surface area contributed by atoms with Crippen molar-refractivity contribution in [3.8, 4) is 0 Å². The molecule has 1 heterocycles. The fourth-order valence-electron chi connectivity index (χ4n) is 3.00. The van der Waals surface area contributed by atoms with Crippen molar-refractivity contribution in [2.75, 3.05) is 0 Å². The van der Waals surface area contributed by atoms with Crippen LogP contribution in [0.5, 0.6) is 0 Å². The molecule has 1 aromatic carbocycles. The van der Waals surface area contributed by atoms with Crippen molar-refractivity contribution in [3.05, 3.63) is 35.0 Å². The first kappa shape index (κ1) is 12.3. The summed E-state index contributed by atoms with van der Waals surface area (Å²) in [6, 6.07) is 4.52. The minimum absolute atomic E-state index is 0.338. The zero-order valence-corrected chi connectivity index (χ0v) is 11.2. The molecule has 0 amide bonds. The summed E-state index contributed by atoms with van der Waals surface area (Å²) < 4.78 is 0. The number of rotatable bonds is 3. The molecule has 1 aromatic heterocycles. The van der Waals surface area contributed by atoms with Crippen molar-refractivity contribution in [1.82, 2.24) is 4.98 Å². The van der Waals surface area contributed by atoms with Crippen molar-refractivity contribution in [2.24, 2.45) is 5.92 Å². The van der Waals surface area contributed by atoms with Crippen LogP contribution in [0.1, 0.15) is 36.5 Å². The van der Waals surface area contributed by atoms with Gasteiger partial charge in [-0.05, 0) is 60.9 Å². The van der Waals surface area contributed by atoms with Gasteiger partial charge in [-0.15, -0.1) is 0 Å². The Hall–Kier alpha value is -1.77. The molecular formula is C16H19NO2. The quantitative estimate of drug-likeness (QED) is 0.886. The number of hydrogen-bond donors (Lipinski definition) is 2. The molecule has 0 aliphatic heterocycles. The Balaban J connectivity index is 2.00. The lowest BCUT2D eigenvalue weighted by Gasteiger charge is -2.16. The maximum absolute atomic E-state index is 11.0. The van der Waals surface area contributed by atoms with Crippen molar-refractivity contribution in [1.29, 1.82) is 0 Å². The third kappa shape index (κ3) is 2.25. The van der Waals surface area contributed by atoms with E-state index in [2.05, 4.69) is 17.1 Å². The summed E-state index contributed by atoms with van der Waals surface area (Å²) in [5.41, 5.74) is 5.17. The number of aliphatic carboxylic acids is 1. The number of H-pyrrole nitrogens is 1. The van der Waals surface area contributed by atoms with Gasteiger partial charge in [0.15, 0.2) is 0 Å². The van der Waals surface area contributed by atoms with Crippen molar-refractivity contribution in [2.45, 2.75) is 39.0 Å². The Kier molecular flexibility index (Phi) is 3.05. The van der Waals surface area contributed by atoms with Crippen LogP contribution in [-0.2, 0) is 24.1 Å². The number of fused-ring (bicyclic) bond motifs is 2. The predicted molar refractivity (Wildman–Crippen MR) is 75.4 cm³/mol. The molecular weight excluding hydrogens is 238 g/mol. The molecule has 2 N–H and O–H groups in total. The van der Waals surface area contributed by atoms with E-state index in [1.807, 2.05) is 6.20 Å². The SMILES string of the molecule is CC(Cc1c[nH]c2cc3c(cc12)CCCC3)C(=O)O. The largest absolute Gasteiger partial charge is 0.481 e. The van der Waals surface area contributed by atoms with E-state index in [1.165, 1.54) is 35.8 Å². The van der Waals surface area contributed by atoms with Crippen LogP contribution in [0.15, 0.2) is 18.3 Å². The van der Waals surface area contributed by atoms with Crippen LogP contribution < -0.4 is 0 Å². The molecule has 1 unspecified atom stereocenters. The van der Waals surface area contributed by atoms with E-state index in [4.69, 9.17) is 5.11 Å². The molecule has 3 rings (SSSR count). The number of hydrogen-bond acceptors (Lipinski definition) is 1. The fraction of sp³-hybridized carbons (Fsp3) is 0.438. The number of carboxylic acid groups (broad SMARTS) is 1. The predicted octanol–water partition coefficient (Wildman–Crippen LogP) is 3.31. The van der Waals surface area contributed by atoms with E-state index in [0.717, 1.165) is 17.5 Å². The third-order valence-electron chi connectivity index (χ3n) is 4.18. The second kappa shape index (κ2) is 4.72. The Bertz CT molecular complexity index is 627. The van der Waals surface area contributed by atoms with Gasteiger partial charge in [0.05, 0.1) is 5.92 Å². The lowest BCUT2D eigenvalue weighted by Crippen LogP contribution is -2.12. The van der Waals surface area contributed by atoms with Gasteiger partial charge < -0.3 is 10.1 Å². The Morgan fingerprint density at radius 2 is 2.00 bits per heavy atom. The topological polar surface area (TPSA) is 53.1 Å². The van der Waals surface area contributed by atoms with Gasteiger partial charge in [-0.3, -0.25) is 4.79 Å². The van der Waals surface area contributed by atoms with E-state index in [-0.39, 0.29) is 5.92 Å². The first-order chi connectivity index (χ1) is 9.15. The molecule has 0 radical (unpaired) electrons.